The summed E-state index contributed by atoms with van der Waals surface area (Å²) in [6.45, 7) is 13.3. The molecule has 1 saturated carbocycles. The Balaban J connectivity index is 1.56. The van der Waals surface area contributed by atoms with Gasteiger partial charge in [-0.25, -0.2) is 4.99 Å². The van der Waals surface area contributed by atoms with E-state index < -0.39 is 0 Å². The van der Waals surface area contributed by atoms with E-state index in [2.05, 4.69) is 49.3 Å². The van der Waals surface area contributed by atoms with Gasteiger partial charge < -0.3 is 20.3 Å². The lowest BCUT2D eigenvalue weighted by atomic mass is 10.1. The summed E-state index contributed by atoms with van der Waals surface area (Å²) in [6.07, 6.45) is 4.10. The van der Waals surface area contributed by atoms with Gasteiger partial charge in [0.2, 0.25) is 0 Å². The second-order valence-corrected chi connectivity index (χ2v) is 8.78. The van der Waals surface area contributed by atoms with E-state index in [1.165, 1.54) is 32.4 Å². The normalized spacial score (nSPS) is 21.3. The maximum atomic E-state index is 6.09. The monoisotopic (exact) mass is 372 g/mol. The van der Waals surface area contributed by atoms with Crippen molar-refractivity contribution in [1.82, 2.24) is 15.5 Å². The lowest BCUT2D eigenvalue weighted by molar-refractivity contribution is 0.129. The molecule has 0 bridgehead atoms. The Morgan fingerprint density at radius 1 is 1.19 bits per heavy atom. The van der Waals surface area contributed by atoms with E-state index in [9.17, 15) is 0 Å². The highest BCUT2D eigenvalue weighted by molar-refractivity contribution is 5.79. The van der Waals surface area contributed by atoms with Crippen LogP contribution in [-0.2, 0) is 6.54 Å². The standard InChI is InChI=1S/C22H36N4O/c1-5-23-21(24-14-17-12-13-26(16-17)19-10-11-19)25-15-18-8-6-7-9-20(18)27-22(2,3)4/h6-9,17,19H,5,10-16H2,1-4H3,(H2,23,24,25). The molecule has 1 aliphatic heterocycles. The van der Waals surface area contributed by atoms with E-state index in [0.717, 1.165) is 42.3 Å². The van der Waals surface area contributed by atoms with Crippen LogP contribution in [0, 0.1) is 5.92 Å². The third-order valence-electron chi connectivity index (χ3n) is 5.08. The maximum Gasteiger partial charge on any atom is 0.191 e. The molecule has 0 amide bonds. The smallest absolute Gasteiger partial charge is 0.191 e. The Morgan fingerprint density at radius 3 is 2.67 bits per heavy atom. The van der Waals surface area contributed by atoms with Crippen LogP contribution >= 0.6 is 0 Å². The van der Waals surface area contributed by atoms with E-state index in [1.807, 2.05) is 18.2 Å². The third-order valence-corrected chi connectivity index (χ3v) is 5.08. The molecule has 1 saturated heterocycles. The molecule has 1 aromatic rings. The number of para-hydroxylation sites is 1. The molecule has 5 nitrogen and oxygen atoms in total. The average Bonchev–Trinajstić information content (AvgIpc) is 3.36. The van der Waals surface area contributed by atoms with Crippen molar-refractivity contribution < 1.29 is 4.74 Å². The summed E-state index contributed by atoms with van der Waals surface area (Å²) in [5, 5.41) is 6.93. The molecule has 2 fully saturated rings. The SMILES string of the molecule is CCNC(=NCc1ccccc1OC(C)(C)C)NCC1CCN(C2CC2)C1. The van der Waals surface area contributed by atoms with Gasteiger partial charge in [0.05, 0.1) is 6.54 Å². The maximum absolute atomic E-state index is 6.09. The molecule has 27 heavy (non-hydrogen) atoms. The minimum Gasteiger partial charge on any atom is -0.488 e. The first-order valence-corrected chi connectivity index (χ1v) is 10.5. The van der Waals surface area contributed by atoms with Gasteiger partial charge in [-0.1, -0.05) is 18.2 Å². The number of nitrogens with one attached hydrogen (secondary N) is 2. The van der Waals surface area contributed by atoms with Crippen LogP contribution in [-0.4, -0.2) is 48.7 Å². The molecule has 1 atom stereocenters. The molecule has 2 aliphatic rings. The lowest BCUT2D eigenvalue weighted by Crippen LogP contribution is -2.40. The van der Waals surface area contributed by atoms with Crippen molar-refractivity contribution in [1.29, 1.82) is 0 Å². The second kappa shape index (κ2) is 8.96. The summed E-state index contributed by atoms with van der Waals surface area (Å²) in [5.74, 6) is 2.54. The van der Waals surface area contributed by atoms with Crippen LogP contribution < -0.4 is 15.4 Å². The molecule has 2 N–H and O–H groups in total. The van der Waals surface area contributed by atoms with Gasteiger partial charge in [0.1, 0.15) is 11.4 Å². The van der Waals surface area contributed by atoms with Gasteiger partial charge in [-0.2, -0.15) is 0 Å². The highest BCUT2D eigenvalue weighted by Crippen LogP contribution is 2.31. The molecular weight excluding hydrogens is 336 g/mol. The molecule has 1 aliphatic carbocycles. The minimum absolute atomic E-state index is 0.210. The van der Waals surface area contributed by atoms with Gasteiger partial charge in [0.25, 0.3) is 0 Å². The molecule has 1 heterocycles. The van der Waals surface area contributed by atoms with Crippen molar-refractivity contribution in [2.24, 2.45) is 10.9 Å². The second-order valence-electron chi connectivity index (χ2n) is 8.78. The van der Waals surface area contributed by atoms with Gasteiger partial charge in [-0.15, -0.1) is 0 Å². The van der Waals surface area contributed by atoms with Crippen LogP contribution in [0.25, 0.3) is 0 Å². The van der Waals surface area contributed by atoms with Crippen LogP contribution in [0.1, 0.15) is 52.5 Å². The Labute approximate surface area is 164 Å². The highest BCUT2D eigenvalue weighted by atomic mass is 16.5. The first kappa shape index (κ1) is 20.0. The quantitative estimate of drug-likeness (QED) is 0.569. The lowest BCUT2D eigenvalue weighted by Gasteiger charge is -2.23. The first-order chi connectivity index (χ1) is 12.9. The summed E-state index contributed by atoms with van der Waals surface area (Å²) in [5.41, 5.74) is 0.906. The summed E-state index contributed by atoms with van der Waals surface area (Å²) < 4.78 is 6.09. The van der Waals surface area contributed by atoms with Crippen molar-refractivity contribution in [3.63, 3.8) is 0 Å². The molecule has 150 valence electrons. The number of ether oxygens (including phenoxy) is 1. The molecule has 5 heteroatoms. The minimum atomic E-state index is -0.210. The highest BCUT2D eigenvalue weighted by Gasteiger charge is 2.34. The Hall–Kier alpha value is -1.75. The number of benzene rings is 1. The van der Waals surface area contributed by atoms with Gasteiger partial charge in [0.15, 0.2) is 5.96 Å². The van der Waals surface area contributed by atoms with Crippen LogP contribution in [0.3, 0.4) is 0 Å². The molecule has 0 aromatic heterocycles. The first-order valence-electron chi connectivity index (χ1n) is 10.5. The van der Waals surface area contributed by atoms with Crippen molar-refractivity contribution in [3.05, 3.63) is 29.8 Å². The van der Waals surface area contributed by atoms with Crippen molar-refractivity contribution in [2.75, 3.05) is 26.2 Å². The van der Waals surface area contributed by atoms with E-state index in [-0.39, 0.29) is 5.60 Å². The number of rotatable bonds is 7. The topological polar surface area (TPSA) is 48.9 Å². The van der Waals surface area contributed by atoms with E-state index in [4.69, 9.17) is 9.73 Å². The zero-order chi connectivity index (χ0) is 19.3. The van der Waals surface area contributed by atoms with Gasteiger partial charge in [-0.3, -0.25) is 0 Å². The number of hydrogen-bond acceptors (Lipinski definition) is 3. The predicted octanol–water partition coefficient (Wildman–Crippen LogP) is 3.40. The number of hydrogen-bond donors (Lipinski definition) is 2. The summed E-state index contributed by atoms with van der Waals surface area (Å²) >= 11 is 0. The average molecular weight is 373 g/mol. The van der Waals surface area contributed by atoms with Gasteiger partial charge in [-0.05, 0) is 65.5 Å². The van der Waals surface area contributed by atoms with Crippen molar-refractivity contribution in [2.45, 2.75) is 65.1 Å². The Morgan fingerprint density at radius 2 is 1.96 bits per heavy atom. The summed E-state index contributed by atoms with van der Waals surface area (Å²) in [6, 6.07) is 9.08. The third kappa shape index (κ3) is 6.42. The summed E-state index contributed by atoms with van der Waals surface area (Å²) in [7, 11) is 0. The number of likely N-dealkylation sites (tertiary alicyclic amines) is 1. The number of aliphatic imine (C=N–C) groups is 1. The number of nitrogens with zero attached hydrogens (tertiary/aromatic N) is 2. The van der Waals surface area contributed by atoms with E-state index in [1.54, 1.807) is 0 Å². The fourth-order valence-electron chi connectivity index (χ4n) is 3.61. The fourth-order valence-corrected chi connectivity index (χ4v) is 3.61. The van der Waals surface area contributed by atoms with E-state index >= 15 is 0 Å². The van der Waals surface area contributed by atoms with Crippen molar-refractivity contribution >= 4 is 5.96 Å². The van der Waals surface area contributed by atoms with Crippen LogP contribution in [0.15, 0.2) is 29.3 Å². The molecule has 1 aromatic carbocycles. The number of guanidine groups is 1. The fraction of sp³-hybridized carbons (Fsp3) is 0.682. The van der Waals surface area contributed by atoms with Crippen LogP contribution in [0.4, 0.5) is 0 Å². The molecule has 1 unspecified atom stereocenters. The molecule has 0 spiro atoms. The molecule has 3 rings (SSSR count). The Bertz CT molecular complexity index is 633. The van der Waals surface area contributed by atoms with Crippen molar-refractivity contribution in [3.8, 4) is 5.75 Å². The largest absolute Gasteiger partial charge is 0.488 e. The van der Waals surface area contributed by atoms with E-state index in [0.29, 0.717) is 6.54 Å². The molecular formula is C22H36N4O. The van der Waals surface area contributed by atoms with Gasteiger partial charge in [0, 0.05) is 31.2 Å². The van der Waals surface area contributed by atoms with Gasteiger partial charge >= 0.3 is 0 Å². The zero-order valence-electron chi connectivity index (χ0n) is 17.4. The Kier molecular flexibility index (Phi) is 6.64. The molecule has 0 radical (unpaired) electrons. The van der Waals surface area contributed by atoms with Crippen LogP contribution in [0.5, 0.6) is 5.75 Å². The predicted molar refractivity (Wildman–Crippen MR) is 112 cm³/mol. The van der Waals surface area contributed by atoms with Crippen LogP contribution in [0.2, 0.25) is 0 Å². The summed E-state index contributed by atoms with van der Waals surface area (Å²) in [4.78, 5) is 7.47. The zero-order valence-corrected chi connectivity index (χ0v) is 17.4.